The number of pyridine rings is 2. The Kier molecular flexibility index (Phi) is 2.76. The maximum atomic E-state index is 4.69. The molecule has 3 aromatic heterocycles. The molecule has 0 fully saturated rings. The summed E-state index contributed by atoms with van der Waals surface area (Å²) in [5.41, 5.74) is 8.20. The lowest BCUT2D eigenvalue weighted by molar-refractivity contribution is -0.659. The molecule has 4 aromatic rings. The van der Waals surface area contributed by atoms with Gasteiger partial charge in [0.1, 0.15) is 12.7 Å². The monoisotopic (exact) mass is 288 g/mol. The highest BCUT2D eigenvalue weighted by Gasteiger charge is 2.16. The zero-order valence-electron chi connectivity index (χ0n) is 13.0. The van der Waals surface area contributed by atoms with Crippen LogP contribution in [0.4, 0.5) is 0 Å². The summed E-state index contributed by atoms with van der Waals surface area (Å²) in [6.07, 6.45) is 4.17. The standard InChI is InChI=1S/C19H18N3/c1-13-7-8-15(14(2)10-13)17-11-18-16(12-21(17)3)20-19-6-4-5-9-22(18)19/h4-12H,1-3H3/q+1. The zero-order chi connectivity index (χ0) is 15.3. The topological polar surface area (TPSA) is 21.2 Å². The minimum atomic E-state index is 0.982. The largest absolute Gasteiger partial charge is 0.299 e. The van der Waals surface area contributed by atoms with Crippen molar-refractivity contribution in [2.75, 3.05) is 0 Å². The van der Waals surface area contributed by atoms with Crippen molar-refractivity contribution in [3.63, 3.8) is 0 Å². The summed E-state index contributed by atoms with van der Waals surface area (Å²) < 4.78 is 4.30. The first kappa shape index (κ1) is 13.0. The first-order chi connectivity index (χ1) is 10.6. The number of fused-ring (bicyclic) bond motifs is 3. The van der Waals surface area contributed by atoms with Gasteiger partial charge in [-0.3, -0.25) is 4.40 Å². The number of aryl methyl sites for hydroxylation is 3. The molecule has 3 heteroatoms. The summed E-state index contributed by atoms with van der Waals surface area (Å²) in [6.45, 7) is 4.30. The molecule has 0 saturated heterocycles. The Bertz CT molecular complexity index is 1010. The summed E-state index contributed by atoms with van der Waals surface area (Å²) in [4.78, 5) is 4.69. The fourth-order valence-corrected chi connectivity index (χ4v) is 3.12. The van der Waals surface area contributed by atoms with Crippen LogP contribution in [0.2, 0.25) is 0 Å². The predicted octanol–water partition coefficient (Wildman–Crippen LogP) is 3.60. The second-order valence-electron chi connectivity index (χ2n) is 5.90. The molecule has 0 atom stereocenters. The summed E-state index contributed by atoms with van der Waals surface area (Å²) in [7, 11) is 2.08. The van der Waals surface area contributed by atoms with E-state index in [0.29, 0.717) is 0 Å². The Hall–Kier alpha value is -2.68. The van der Waals surface area contributed by atoms with E-state index in [2.05, 4.69) is 71.5 Å². The van der Waals surface area contributed by atoms with Gasteiger partial charge in [-0.15, -0.1) is 0 Å². The first-order valence-electron chi connectivity index (χ1n) is 7.47. The third kappa shape index (κ3) is 1.90. The summed E-state index contributed by atoms with van der Waals surface area (Å²) in [5, 5.41) is 0. The lowest BCUT2D eigenvalue weighted by Crippen LogP contribution is -2.30. The van der Waals surface area contributed by atoms with Crippen molar-refractivity contribution in [3.05, 3.63) is 66.0 Å². The molecule has 108 valence electrons. The maximum absolute atomic E-state index is 4.69. The molecule has 0 radical (unpaired) electrons. The fourth-order valence-electron chi connectivity index (χ4n) is 3.12. The molecule has 22 heavy (non-hydrogen) atoms. The lowest BCUT2D eigenvalue weighted by Gasteiger charge is -2.06. The molecule has 0 aliphatic heterocycles. The Balaban J connectivity index is 2.05. The average molecular weight is 288 g/mol. The van der Waals surface area contributed by atoms with Gasteiger partial charge in [-0.05, 0) is 37.6 Å². The van der Waals surface area contributed by atoms with Crippen LogP contribution in [0.25, 0.3) is 27.9 Å². The number of nitrogens with zero attached hydrogens (tertiary/aromatic N) is 3. The molecule has 1 aromatic carbocycles. The highest BCUT2D eigenvalue weighted by atomic mass is 15.0. The first-order valence-corrected chi connectivity index (χ1v) is 7.47. The molecule has 0 bridgehead atoms. The molecule has 0 amide bonds. The Morgan fingerprint density at radius 3 is 2.73 bits per heavy atom. The van der Waals surface area contributed by atoms with E-state index in [4.69, 9.17) is 0 Å². The van der Waals surface area contributed by atoms with Crippen LogP contribution in [-0.4, -0.2) is 9.38 Å². The van der Waals surface area contributed by atoms with E-state index in [1.807, 2.05) is 18.2 Å². The van der Waals surface area contributed by atoms with Crippen molar-refractivity contribution >= 4 is 16.7 Å². The zero-order valence-corrected chi connectivity index (χ0v) is 13.0. The number of hydrogen-bond acceptors (Lipinski definition) is 1. The van der Waals surface area contributed by atoms with Crippen LogP contribution >= 0.6 is 0 Å². The molecule has 0 aliphatic carbocycles. The van der Waals surface area contributed by atoms with Gasteiger partial charge < -0.3 is 0 Å². The second kappa shape index (κ2) is 4.67. The molecule has 3 nitrogen and oxygen atoms in total. The van der Waals surface area contributed by atoms with Gasteiger partial charge in [0.15, 0.2) is 11.7 Å². The molecule has 0 aliphatic rings. The Labute approximate surface area is 129 Å². The van der Waals surface area contributed by atoms with Gasteiger partial charge in [-0.1, -0.05) is 23.8 Å². The van der Waals surface area contributed by atoms with E-state index < -0.39 is 0 Å². The van der Waals surface area contributed by atoms with Crippen LogP contribution in [0.1, 0.15) is 11.1 Å². The molecule has 4 rings (SSSR count). The van der Waals surface area contributed by atoms with Gasteiger partial charge >= 0.3 is 0 Å². The smallest absolute Gasteiger partial charge is 0.214 e. The molecule has 3 heterocycles. The van der Waals surface area contributed by atoms with Gasteiger partial charge in [0.25, 0.3) is 0 Å². The van der Waals surface area contributed by atoms with Gasteiger partial charge in [0.05, 0.1) is 5.52 Å². The SMILES string of the molecule is Cc1ccc(-c2cc3c(c[n+]2C)nc2ccccn23)c(C)c1. The van der Waals surface area contributed by atoms with Crippen molar-refractivity contribution in [1.29, 1.82) is 0 Å². The molecule has 0 N–H and O–H groups in total. The van der Waals surface area contributed by atoms with Crippen molar-refractivity contribution < 1.29 is 4.57 Å². The van der Waals surface area contributed by atoms with Crippen molar-refractivity contribution in [1.82, 2.24) is 9.38 Å². The van der Waals surface area contributed by atoms with Crippen LogP contribution in [0, 0.1) is 13.8 Å². The highest BCUT2D eigenvalue weighted by molar-refractivity contribution is 5.82. The van der Waals surface area contributed by atoms with E-state index in [1.165, 1.54) is 22.4 Å². The Morgan fingerprint density at radius 1 is 1.05 bits per heavy atom. The van der Waals surface area contributed by atoms with Gasteiger partial charge in [-0.2, -0.15) is 4.57 Å². The Morgan fingerprint density at radius 2 is 1.91 bits per heavy atom. The number of hydrogen-bond donors (Lipinski definition) is 0. The van der Waals surface area contributed by atoms with Gasteiger partial charge in [0.2, 0.25) is 5.69 Å². The molecular weight excluding hydrogens is 270 g/mol. The van der Waals surface area contributed by atoms with Crippen molar-refractivity contribution in [2.45, 2.75) is 13.8 Å². The van der Waals surface area contributed by atoms with Crippen molar-refractivity contribution in [2.24, 2.45) is 7.05 Å². The van der Waals surface area contributed by atoms with E-state index in [-0.39, 0.29) is 0 Å². The summed E-state index contributed by atoms with van der Waals surface area (Å²) in [6, 6.07) is 14.9. The van der Waals surface area contributed by atoms with E-state index in [1.54, 1.807) is 0 Å². The summed E-state index contributed by atoms with van der Waals surface area (Å²) in [5.74, 6) is 0. The van der Waals surface area contributed by atoms with E-state index >= 15 is 0 Å². The third-order valence-corrected chi connectivity index (χ3v) is 4.22. The van der Waals surface area contributed by atoms with Crippen LogP contribution in [0.5, 0.6) is 0 Å². The van der Waals surface area contributed by atoms with E-state index in [9.17, 15) is 0 Å². The highest BCUT2D eigenvalue weighted by Crippen LogP contribution is 2.24. The van der Waals surface area contributed by atoms with Crippen LogP contribution in [0.3, 0.4) is 0 Å². The fraction of sp³-hybridized carbons (Fsp3) is 0.158. The van der Waals surface area contributed by atoms with Crippen LogP contribution < -0.4 is 4.57 Å². The minimum absolute atomic E-state index is 0.982. The molecular formula is C19H18N3+. The van der Waals surface area contributed by atoms with Crippen LogP contribution in [-0.2, 0) is 7.05 Å². The average Bonchev–Trinajstić information content (AvgIpc) is 2.84. The van der Waals surface area contributed by atoms with Gasteiger partial charge in [0, 0.05) is 17.8 Å². The predicted molar refractivity (Wildman–Crippen MR) is 88.8 cm³/mol. The van der Waals surface area contributed by atoms with Gasteiger partial charge in [-0.25, -0.2) is 4.98 Å². The third-order valence-electron chi connectivity index (χ3n) is 4.22. The van der Waals surface area contributed by atoms with Crippen molar-refractivity contribution in [3.8, 4) is 11.3 Å². The molecule has 0 unspecified atom stereocenters. The number of aromatic nitrogens is 3. The number of benzene rings is 1. The number of imidazole rings is 1. The van der Waals surface area contributed by atoms with E-state index in [0.717, 1.165) is 16.7 Å². The molecule has 0 spiro atoms. The summed E-state index contributed by atoms with van der Waals surface area (Å²) >= 11 is 0. The quantitative estimate of drug-likeness (QED) is 0.490. The molecule has 0 saturated carbocycles. The number of rotatable bonds is 1. The second-order valence-corrected chi connectivity index (χ2v) is 5.90. The van der Waals surface area contributed by atoms with Crippen LogP contribution in [0.15, 0.2) is 54.9 Å². The minimum Gasteiger partial charge on any atom is -0.299 e. The lowest BCUT2D eigenvalue weighted by atomic mass is 10.0. The maximum Gasteiger partial charge on any atom is 0.214 e. The normalized spacial score (nSPS) is 11.4.